The summed E-state index contributed by atoms with van der Waals surface area (Å²) in [6, 6.07) is 0. The van der Waals surface area contributed by atoms with Gasteiger partial charge in [0, 0.05) is 0 Å². The Labute approximate surface area is 212 Å². The number of hydrogen-bond donors (Lipinski definition) is 2. The smallest absolute Gasteiger partial charge is 0.335 e. The van der Waals surface area contributed by atoms with Gasteiger partial charge in [0.1, 0.15) is 0 Å². The maximum absolute atomic E-state index is 11.9. The average Bonchev–Trinajstić information content (AvgIpc) is 2.90. The van der Waals surface area contributed by atoms with Crippen molar-refractivity contribution in [2.75, 3.05) is 26.4 Å². The van der Waals surface area contributed by atoms with Crippen molar-refractivity contribution in [2.45, 2.75) is 90.4 Å². The van der Waals surface area contributed by atoms with E-state index >= 15 is 0 Å². The molecule has 2 aliphatic carbocycles. The minimum absolute atomic E-state index is 0.0583. The molecule has 2 aliphatic rings. The normalized spacial score (nSPS) is 24.7. The van der Waals surface area contributed by atoms with Crippen molar-refractivity contribution >= 4 is 11.9 Å². The summed E-state index contributed by atoms with van der Waals surface area (Å²) in [6.45, 7) is 9.03. The maximum atomic E-state index is 11.9. The van der Waals surface area contributed by atoms with Gasteiger partial charge in [-0.3, -0.25) is 0 Å². The quantitative estimate of drug-likeness (QED) is 0.236. The van der Waals surface area contributed by atoms with E-state index in [-0.39, 0.29) is 30.3 Å². The molecule has 0 aromatic carbocycles. The van der Waals surface area contributed by atoms with Gasteiger partial charge in [0.25, 0.3) is 0 Å². The highest BCUT2D eigenvalue weighted by Crippen LogP contribution is 2.44. The van der Waals surface area contributed by atoms with Gasteiger partial charge in [0.15, 0.2) is 0 Å². The Bertz CT molecular complexity index is 637. The van der Waals surface area contributed by atoms with Crippen LogP contribution in [0.3, 0.4) is 0 Å². The van der Waals surface area contributed by atoms with Crippen LogP contribution in [-0.4, -0.2) is 48.6 Å². The van der Waals surface area contributed by atoms with Gasteiger partial charge in [-0.25, -0.2) is 9.59 Å². The molecule has 0 aromatic rings. The predicted octanol–water partition coefficient (Wildman–Crippen LogP) is 5.37. The standard InChI is InChI=1S/C29H48O6/c1-4-5-6-23-7-9-24(10-8-23)25-11-13-26(14-12-25)27(15-17-34-28(32)21(2)19-30)16-18-35-29(33)22(3)20-31/h23-27,30-31H,2-20H2,1H3. The molecule has 6 nitrogen and oxygen atoms in total. The molecule has 0 aromatic heterocycles. The summed E-state index contributed by atoms with van der Waals surface area (Å²) < 4.78 is 10.6. The first-order valence-electron chi connectivity index (χ1n) is 13.8. The molecule has 0 spiro atoms. The van der Waals surface area contributed by atoms with Crippen LogP contribution in [0.4, 0.5) is 0 Å². The van der Waals surface area contributed by atoms with Gasteiger partial charge in [-0.15, -0.1) is 0 Å². The van der Waals surface area contributed by atoms with Gasteiger partial charge in [-0.1, -0.05) is 52.2 Å². The highest BCUT2D eigenvalue weighted by atomic mass is 16.5. The summed E-state index contributed by atoms with van der Waals surface area (Å²) in [6.07, 6.45) is 15.9. The number of hydrogen-bond acceptors (Lipinski definition) is 6. The zero-order valence-electron chi connectivity index (χ0n) is 21.8. The second-order valence-electron chi connectivity index (χ2n) is 10.7. The van der Waals surface area contributed by atoms with Crippen LogP contribution in [0.1, 0.15) is 90.4 Å². The number of carbonyl (C=O) groups excluding carboxylic acids is 2. The Morgan fingerprint density at radius 2 is 1.26 bits per heavy atom. The summed E-state index contributed by atoms with van der Waals surface area (Å²) in [5.74, 6) is 2.34. The molecule has 200 valence electrons. The maximum Gasteiger partial charge on any atom is 0.335 e. The lowest BCUT2D eigenvalue weighted by molar-refractivity contribution is -0.140. The lowest BCUT2D eigenvalue weighted by Crippen LogP contribution is -2.29. The SMILES string of the molecule is C=C(CO)C(=O)OCCC(CCOC(=O)C(=C)CO)C1CCC(C2CCC(CCCC)CC2)CC1. The molecule has 0 atom stereocenters. The van der Waals surface area contributed by atoms with Crippen molar-refractivity contribution in [3.8, 4) is 0 Å². The van der Waals surface area contributed by atoms with E-state index in [1.807, 2.05) is 0 Å². The van der Waals surface area contributed by atoms with Crippen LogP contribution in [0, 0.1) is 29.6 Å². The summed E-state index contributed by atoms with van der Waals surface area (Å²) in [4.78, 5) is 23.7. The molecule has 2 N–H and O–H groups in total. The fraction of sp³-hybridized carbons (Fsp3) is 0.793. The van der Waals surface area contributed by atoms with Crippen LogP contribution in [0.25, 0.3) is 0 Å². The van der Waals surface area contributed by atoms with E-state index in [9.17, 15) is 9.59 Å². The van der Waals surface area contributed by atoms with Gasteiger partial charge in [0.05, 0.1) is 37.6 Å². The molecular weight excluding hydrogens is 444 g/mol. The van der Waals surface area contributed by atoms with Gasteiger partial charge < -0.3 is 19.7 Å². The molecule has 35 heavy (non-hydrogen) atoms. The molecule has 2 fully saturated rings. The number of ether oxygens (including phenoxy) is 2. The number of esters is 2. The first-order chi connectivity index (χ1) is 16.9. The van der Waals surface area contributed by atoms with E-state index in [2.05, 4.69) is 20.1 Å². The average molecular weight is 493 g/mol. The Morgan fingerprint density at radius 3 is 1.69 bits per heavy atom. The Morgan fingerprint density at radius 1 is 0.800 bits per heavy atom. The minimum Gasteiger partial charge on any atom is -0.462 e. The number of carbonyl (C=O) groups is 2. The number of aliphatic hydroxyl groups is 2. The molecule has 0 bridgehead atoms. The van der Waals surface area contributed by atoms with Crippen LogP contribution in [0.5, 0.6) is 0 Å². The topological polar surface area (TPSA) is 93.1 Å². The third-order valence-corrected chi connectivity index (χ3v) is 8.41. The fourth-order valence-corrected chi connectivity index (χ4v) is 6.08. The largest absolute Gasteiger partial charge is 0.462 e. The second kappa shape index (κ2) is 16.2. The molecule has 6 heteroatoms. The zero-order valence-corrected chi connectivity index (χ0v) is 21.8. The first-order valence-corrected chi connectivity index (χ1v) is 13.8. The predicted molar refractivity (Wildman–Crippen MR) is 138 cm³/mol. The van der Waals surface area contributed by atoms with E-state index in [0.717, 1.165) is 17.8 Å². The molecule has 2 rings (SSSR count). The number of unbranched alkanes of at least 4 members (excludes halogenated alkanes) is 1. The Balaban J connectivity index is 1.83. The van der Waals surface area contributed by atoms with Gasteiger partial charge in [0.2, 0.25) is 0 Å². The second-order valence-corrected chi connectivity index (χ2v) is 10.7. The highest BCUT2D eigenvalue weighted by Gasteiger charge is 2.33. The van der Waals surface area contributed by atoms with E-state index in [1.54, 1.807) is 0 Å². The Kier molecular flexibility index (Phi) is 13.6. The molecule has 2 saturated carbocycles. The first kappa shape index (κ1) is 29.6. The van der Waals surface area contributed by atoms with Crippen molar-refractivity contribution in [3.63, 3.8) is 0 Å². The van der Waals surface area contributed by atoms with Crippen molar-refractivity contribution < 1.29 is 29.3 Å². The summed E-state index contributed by atoms with van der Waals surface area (Å²) in [5.41, 5.74) is 0.117. The van der Waals surface area contributed by atoms with Crippen molar-refractivity contribution in [3.05, 3.63) is 24.3 Å². The zero-order chi connectivity index (χ0) is 25.6. The number of aliphatic hydroxyl groups excluding tert-OH is 2. The molecule has 0 amide bonds. The molecule has 0 aliphatic heterocycles. The molecule has 0 radical (unpaired) electrons. The highest BCUT2D eigenvalue weighted by molar-refractivity contribution is 5.88. The summed E-state index contributed by atoms with van der Waals surface area (Å²) >= 11 is 0. The summed E-state index contributed by atoms with van der Waals surface area (Å²) in [7, 11) is 0. The third-order valence-electron chi connectivity index (χ3n) is 8.41. The van der Waals surface area contributed by atoms with Crippen LogP contribution in [-0.2, 0) is 19.1 Å². The van der Waals surface area contributed by atoms with E-state index < -0.39 is 25.2 Å². The van der Waals surface area contributed by atoms with Crippen LogP contribution in [0.15, 0.2) is 24.3 Å². The fourth-order valence-electron chi connectivity index (χ4n) is 6.08. The van der Waals surface area contributed by atoms with Crippen molar-refractivity contribution in [1.29, 1.82) is 0 Å². The Hall–Kier alpha value is -1.66. The monoisotopic (exact) mass is 492 g/mol. The lowest BCUT2D eigenvalue weighted by Gasteiger charge is -2.40. The number of rotatable bonds is 15. The van der Waals surface area contributed by atoms with E-state index in [0.29, 0.717) is 18.8 Å². The van der Waals surface area contributed by atoms with Crippen molar-refractivity contribution in [1.82, 2.24) is 0 Å². The van der Waals surface area contributed by atoms with Gasteiger partial charge in [-0.2, -0.15) is 0 Å². The van der Waals surface area contributed by atoms with Gasteiger partial charge in [-0.05, 0) is 81.0 Å². The van der Waals surface area contributed by atoms with Crippen molar-refractivity contribution in [2.24, 2.45) is 29.6 Å². The molecule has 0 heterocycles. The van der Waals surface area contributed by atoms with Crippen LogP contribution < -0.4 is 0 Å². The lowest BCUT2D eigenvalue weighted by atomic mass is 9.66. The minimum atomic E-state index is -0.560. The molecule has 0 saturated heterocycles. The summed E-state index contributed by atoms with van der Waals surface area (Å²) in [5, 5.41) is 18.1. The van der Waals surface area contributed by atoms with Crippen LogP contribution in [0.2, 0.25) is 0 Å². The van der Waals surface area contributed by atoms with Gasteiger partial charge >= 0.3 is 11.9 Å². The molecular formula is C29H48O6. The van der Waals surface area contributed by atoms with E-state index in [4.69, 9.17) is 19.7 Å². The third kappa shape index (κ3) is 10.1. The van der Waals surface area contributed by atoms with Crippen LogP contribution >= 0.6 is 0 Å². The molecule has 0 unspecified atom stereocenters. The van der Waals surface area contributed by atoms with E-state index in [1.165, 1.54) is 70.6 Å².